The molecule has 1 heterocycles. The van der Waals surface area contributed by atoms with Crippen LogP contribution in [-0.4, -0.2) is 31.8 Å². The number of hydrogen-bond donors (Lipinski definition) is 0. The monoisotopic (exact) mass is 1600 g/mol. The second-order valence-corrected chi connectivity index (χ2v) is 25.9. The van der Waals surface area contributed by atoms with E-state index in [2.05, 4.69) is 70.3 Å². The molecule has 0 saturated heterocycles. The number of nitrogens with zero attached hydrogens (tertiary/aromatic N) is 1. The van der Waals surface area contributed by atoms with Crippen molar-refractivity contribution in [3.63, 3.8) is 0 Å². The van der Waals surface area contributed by atoms with Crippen molar-refractivity contribution in [1.29, 1.82) is 0 Å². The first kappa shape index (κ1) is 83.5. The summed E-state index contributed by atoms with van der Waals surface area (Å²) in [5.41, 5.74) is 0.998. The fourth-order valence-corrected chi connectivity index (χ4v) is 11.9. The Kier molecular flexibility index (Phi) is 25.1. The maximum absolute atomic E-state index is 13.4. The highest BCUT2D eigenvalue weighted by atomic mass is 31.2. The van der Waals surface area contributed by atoms with Crippen LogP contribution in [-0.2, 0) is 51.5 Å². The van der Waals surface area contributed by atoms with Crippen LogP contribution in [0.2, 0.25) is 0 Å². The lowest BCUT2D eigenvalue weighted by molar-refractivity contribution is -0.254. The van der Waals surface area contributed by atoms with Crippen LogP contribution in [0.25, 0.3) is 32.7 Å². The van der Waals surface area contributed by atoms with Crippen LogP contribution < -0.4 is 19.1 Å². The molecule has 31 heteroatoms. The number of aryl methyl sites for hydroxylation is 2. The molecular weight excluding hydrogens is 1550 g/mol. The molecule has 7 nitrogen and oxygen atoms in total. The van der Waals surface area contributed by atoms with Crippen molar-refractivity contribution in [2.75, 3.05) is 11.6 Å². The van der Waals surface area contributed by atoms with Crippen LogP contribution in [0.15, 0.2) is 273 Å². The number of anilines is 1. The van der Waals surface area contributed by atoms with Crippen LogP contribution in [0.3, 0.4) is 0 Å². The topological polar surface area (TPSA) is 82.1 Å². The second-order valence-electron chi connectivity index (χ2n) is 24.8. The minimum absolute atomic E-state index is 0.0299. The van der Waals surface area contributed by atoms with Gasteiger partial charge < -0.3 is 14.2 Å². The maximum Gasteiger partial charge on any atom is 0.344 e. The number of amides is 2. The van der Waals surface area contributed by atoms with Gasteiger partial charge in [0.25, 0.3) is 11.8 Å². The predicted molar refractivity (Wildman–Crippen MR) is 378 cm³/mol. The van der Waals surface area contributed by atoms with Crippen LogP contribution in [0, 0.1) is 23.3 Å². The molecule has 4 aliphatic rings. The normalized spacial score (nSPS) is 14.6. The largest absolute Gasteiger partial charge is 0.428 e. The Hall–Kier alpha value is -11.9. The predicted octanol–water partition coefficient (Wildman–Crippen LogP) is 24.8. The molecule has 0 aromatic heterocycles. The van der Waals surface area contributed by atoms with Crippen molar-refractivity contribution in [2.24, 2.45) is 0 Å². The molecule has 1 aliphatic heterocycles. The molecule has 15 rings (SSSR count). The van der Waals surface area contributed by atoms with Gasteiger partial charge in [0, 0.05) is 69.8 Å². The van der Waals surface area contributed by atoms with Gasteiger partial charge in [0.05, 0.1) is 5.69 Å². The number of benzene rings is 11. The molecule has 113 heavy (non-hydrogen) atoms. The molecule has 11 aromatic carbocycles. The summed E-state index contributed by atoms with van der Waals surface area (Å²) in [6, 6.07) is 49.1. The van der Waals surface area contributed by atoms with Crippen molar-refractivity contribution in [3.8, 4) is 28.4 Å². The average Bonchev–Trinajstić information content (AvgIpc) is 0.856. The molecular formula is C82H49BF22NO6P. The van der Waals surface area contributed by atoms with Gasteiger partial charge in [-0.15, -0.1) is 0 Å². The highest BCUT2D eigenvalue weighted by molar-refractivity contribution is 7.77. The average molecular weight is 1600 g/mol. The standard InChI is InChI=1S/C26H15F9O3.C19H13NO3.C16H6F8.C10H4F4.C10H8.CH3BFP/c1-26(14-2-8-17(9-3-14)36-23(33)20(27)28,15-4-10-18(11-5-15)37-24(34)21(29)30)16-6-12-19(13-7-16)38-25(35)22(31)32;21-17-9-10-18(22)20(17)16-7-5-13(6-8-16)19(23)15-4-2-12-1-3-14(12)11-15;17-13(18)9-3-1-7(5-11(9)15(13,21)22)8-2-4-10-12(6-8)16(23,24)14(10,19)20;11-7-5-3-1-2-4-6(5)8(12)10(14)9(7)13;1-2-6-10-8-4-3-7-9(10)5-1;1-4(2)3/h2-13H,1H3;2,4-11H,1,3H2;1-6H;1-4H;1-8H;1H3. The van der Waals surface area contributed by atoms with Gasteiger partial charge in [0.2, 0.25) is 0 Å². The number of rotatable bonds is 13. The van der Waals surface area contributed by atoms with E-state index in [0.717, 1.165) is 54.1 Å². The first-order valence-corrected chi connectivity index (χ1v) is 34.4. The highest BCUT2D eigenvalue weighted by Gasteiger charge is 2.70. The zero-order chi connectivity index (χ0) is 82.4. The number of ether oxygens (including phenoxy) is 3. The number of alkyl halides is 8. The van der Waals surface area contributed by atoms with Gasteiger partial charge in [-0.3, -0.25) is 14.4 Å². The van der Waals surface area contributed by atoms with Gasteiger partial charge in [0.1, 0.15) is 17.2 Å². The Morgan fingerprint density at radius 1 is 0.407 bits per heavy atom. The van der Waals surface area contributed by atoms with E-state index in [4.69, 9.17) is 0 Å². The number of imide groups is 1. The molecule has 0 fully saturated rings. The van der Waals surface area contributed by atoms with Gasteiger partial charge in [-0.1, -0.05) is 146 Å². The molecule has 3 aliphatic carbocycles. The smallest absolute Gasteiger partial charge is 0.344 e. The zero-order valence-corrected chi connectivity index (χ0v) is 58.6. The Morgan fingerprint density at radius 2 is 0.726 bits per heavy atom. The van der Waals surface area contributed by atoms with Crippen LogP contribution in [0.5, 0.6) is 17.2 Å². The Balaban J connectivity index is 0.000000157. The molecule has 2 amide bonds. The maximum atomic E-state index is 13.4. The second kappa shape index (κ2) is 34.0. The molecule has 11 aromatic rings. The van der Waals surface area contributed by atoms with E-state index < -0.39 is 119 Å². The molecule has 0 N–H and O–H groups in total. The molecule has 1 unspecified atom stereocenters. The van der Waals surface area contributed by atoms with Gasteiger partial charge in [0.15, 0.2) is 36.6 Å². The summed E-state index contributed by atoms with van der Waals surface area (Å²) in [5.74, 6) is -25.1. The van der Waals surface area contributed by atoms with E-state index in [1.54, 1.807) is 31.2 Å². The fraction of sp³-hybridized carbons (Fsp3) is 0.110. The van der Waals surface area contributed by atoms with Crippen molar-refractivity contribution in [3.05, 3.63) is 357 Å². The Bertz CT molecular complexity index is 5180. The summed E-state index contributed by atoms with van der Waals surface area (Å²) < 4.78 is 296. The van der Waals surface area contributed by atoms with Crippen LogP contribution >= 0.6 is 8.11 Å². The van der Waals surface area contributed by atoms with Crippen molar-refractivity contribution < 1.29 is 125 Å². The molecule has 580 valence electrons. The Morgan fingerprint density at radius 3 is 1.04 bits per heavy atom. The summed E-state index contributed by atoms with van der Waals surface area (Å²) in [4.78, 5) is 36.9. The van der Waals surface area contributed by atoms with Crippen LogP contribution in [0.1, 0.15) is 72.9 Å². The minimum atomic E-state index is -4.35. The van der Waals surface area contributed by atoms with E-state index in [0.29, 0.717) is 33.5 Å². The molecule has 2 radical (unpaired) electrons. The lowest BCUT2D eigenvalue weighted by Gasteiger charge is -2.39. The lowest BCUT2D eigenvalue weighted by Crippen LogP contribution is -2.47. The Labute approximate surface area is 629 Å². The van der Waals surface area contributed by atoms with Gasteiger partial charge in [-0.25, -0.2) is 26.7 Å². The van der Waals surface area contributed by atoms with Gasteiger partial charge >= 0.3 is 60.0 Å². The molecule has 1 atom stereocenters. The summed E-state index contributed by atoms with van der Waals surface area (Å²) >= 11 is 0. The molecule has 0 saturated carbocycles. The van der Waals surface area contributed by atoms with Crippen molar-refractivity contribution in [1.82, 2.24) is 0 Å². The van der Waals surface area contributed by atoms with E-state index in [1.807, 2.05) is 18.2 Å². The van der Waals surface area contributed by atoms with Gasteiger partial charge in [-0.2, -0.15) is 74.6 Å². The fourth-order valence-electron chi connectivity index (χ4n) is 11.9. The number of ketones is 1. The van der Waals surface area contributed by atoms with E-state index >= 15 is 0 Å². The van der Waals surface area contributed by atoms with E-state index in [1.165, 1.54) is 138 Å². The van der Waals surface area contributed by atoms with Crippen molar-refractivity contribution in [2.45, 2.75) is 48.9 Å². The third-order valence-electron chi connectivity index (χ3n) is 17.8. The number of halogens is 22. The van der Waals surface area contributed by atoms with Crippen LogP contribution in [0.4, 0.5) is 102 Å². The highest BCUT2D eigenvalue weighted by Crippen LogP contribution is 2.63. The number of carbonyl (C=O) groups is 3. The number of fused-ring (bicyclic) bond motifs is 5. The quantitative estimate of drug-likeness (QED) is 0.0132. The molecule has 0 bridgehead atoms. The number of carbonyl (C=O) groups excluding carboxylic acids is 3. The summed E-state index contributed by atoms with van der Waals surface area (Å²) in [6.07, 6.45) is -3.36. The third kappa shape index (κ3) is 17.6. The summed E-state index contributed by atoms with van der Waals surface area (Å²) in [5, 5.41) is 2.10. The minimum Gasteiger partial charge on any atom is -0.428 e. The first-order valence-electron chi connectivity index (χ1n) is 32.7. The van der Waals surface area contributed by atoms with E-state index in [9.17, 15) is 111 Å². The van der Waals surface area contributed by atoms with E-state index in [-0.39, 0.29) is 56.7 Å². The molecule has 0 spiro atoms. The SMILES string of the molecule is CC(c1ccc(OC(F)=C(F)F)cc1)(c1ccc(OC(F)=C(F)F)cc1)c1ccc(OC(F)=C(F)F)cc1.FC1(F)c2ccc(-c3ccc4c(c3)C(F)(F)C4(F)F)cc2C1(F)F.Fc1c(F)c(F)c2ccccc2c1F.O=C(c1ccc(N2C(=O)C=CC2=O)cc1)c1ccc2c(c1)CC2.[B]P(C)F.c1ccc2ccccc2c1. The third-order valence-corrected chi connectivity index (χ3v) is 17.8. The van der Waals surface area contributed by atoms with Gasteiger partial charge in [-0.05, 0) is 155 Å². The summed E-state index contributed by atoms with van der Waals surface area (Å²) in [6.45, 7) is 3.02. The number of hydrogen-bond acceptors (Lipinski definition) is 6. The summed E-state index contributed by atoms with van der Waals surface area (Å²) in [7, 11) is 2.89. The van der Waals surface area contributed by atoms with Crippen molar-refractivity contribution >= 4 is 60.5 Å². The first-order chi connectivity index (χ1) is 53.3. The zero-order valence-electron chi connectivity index (χ0n) is 57.7. The lowest BCUT2D eigenvalue weighted by atomic mass is 9.71.